The van der Waals surface area contributed by atoms with Gasteiger partial charge in [-0.1, -0.05) is 76.6 Å². The molecule has 0 radical (unpaired) electrons. The molecule has 2 rings (SSSR count). The van der Waals surface area contributed by atoms with Gasteiger partial charge in [-0.3, -0.25) is 0 Å². The zero-order valence-corrected chi connectivity index (χ0v) is 16.0. The molecule has 1 heteroatoms. The summed E-state index contributed by atoms with van der Waals surface area (Å²) in [5, 5.41) is 0. The van der Waals surface area contributed by atoms with Crippen molar-refractivity contribution in [3.63, 3.8) is 0 Å². The zero-order valence-electron chi connectivity index (χ0n) is 14.9. The molecule has 0 fully saturated rings. The number of hydrogen-bond donors (Lipinski definition) is 0. The van der Waals surface area contributed by atoms with Gasteiger partial charge in [-0.15, -0.1) is 9.24 Å². The summed E-state index contributed by atoms with van der Waals surface area (Å²) in [5.74, 6) is 0. The van der Waals surface area contributed by atoms with Gasteiger partial charge in [-0.25, -0.2) is 0 Å². The topological polar surface area (TPSA) is 0 Å². The molecule has 22 heavy (non-hydrogen) atoms. The second-order valence-electron chi connectivity index (χ2n) is 7.29. The second-order valence-corrected chi connectivity index (χ2v) is 7.70. The Hall–Kier alpha value is -0.870. The Morgan fingerprint density at radius 3 is 2.23 bits per heavy atom. The lowest BCUT2D eigenvalue weighted by molar-refractivity contribution is 0.310. The molecular formula is C21H31P. The van der Waals surface area contributed by atoms with Crippen LogP contribution in [0.4, 0.5) is 0 Å². The maximum Gasteiger partial charge on any atom is 0.0113 e. The summed E-state index contributed by atoms with van der Waals surface area (Å²) < 4.78 is 0. The van der Waals surface area contributed by atoms with Crippen LogP contribution in [0.5, 0.6) is 0 Å². The van der Waals surface area contributed by atoms with Crippen molar-refractivity contribution < 1.29 is 0 Å². The van der Waals surface area contributed by atoms with Crippen LogP contribution in [0.2, 0.25) is 0 Å². The van der Waals surface area contributed by atoms with Crippen molar-refractivity contribution in [2.24, 2.45) is 10.8 Å². The van der Waals surface area contributed by atoms with E-state index in [0.29, 0.717) is 5.41 Å². The van der Waals surface area contributed by atoms with E-state index in [1.165, 1.54) is 23.1 Å². The molecule has 0 N–H and O–H groups in total. The van der Waals surface area contributed by atoms with E-state index >= 15 is 0 Å². The molecule has 0 saturated heterocycles. The van der Waals surface area contributed by atoms with Crippen LogP contribution in [0, 0.1) is 10.8 Å². The predicted molar refractivity (Wildman–Crippen MR) is 103 cm³/mol. The van der Waals surface area contributed by atoms with E-state index in [-0.39, 0.29) is 5.41 Å². The van der Waals surface area contributed by atoms with Gasteiger partial charge in [0, 0.05) is 5.41 Å². The third kappa shape index (κ3) is 3.09. The lowest BCUT2D eigenvalue weighted by atomic mass is 9.58. The Balaban J connectivity index is 2.50. The Morgan fingerprint density at radius 2 is 1.73 bits per heavy atom. The van der Waals surface area contributed by atoms with Crippen molar-refractivity contribution in [1.29, 1.82) is 0 Å². The van der Waals surface area contributed by atoms with E-state index in [2.05, 4.69) is 80.3 Å². The fourth-order valence-electron chi connectivity index (χ4n) is 3.93. The Bertz CT molecular complexity index is 574. The molecule has 0 heterocycles. The molecule has 1 aliphatic carbocycles. The molecule has 0 nitrogen and oxygen atoms in total. The van der Waals surface area contributed by atoms with Crippen LogP contribution in [-0.2, 0) is 6.16 Å². The first-order valence-corrected chi connectivity index (χ1v) is 9.41. The average molecular weight is 314 g/mol. The van der Waals surface area contributed by atoms with Crippen LogP contribution in [0.1, 0.15) is 65.0 Å². The van der Waals surface area contributed by atoms with E-state index in [1.807, 2.05) is 0 Å². The van der Waals surface area contributed by atoms with Gasteiger partial charge < -0.3 is 0 Å². The van der Waals surface area contributed by atoms with Crippen molar-refractivity contribution in [2.45, 2.75) is 60.0 Å². The summed E-state index contributed by atoms with van der Waals surface area (Å²) in [6, 6.07) is 9.11. The number of hydrogen-bond acceptors (Lipinski definition) is 0. The molecule has 2 atom stereocenters. The first kappa shape index (κ1) is 17.5. The van der Waals surface area contributed by atoms with E-state index < -0.39 is 0 Å². The smallest absolute Gasteiger partial charge is 0.0113 e. The molecule has 1 aromatic rings. The highest BCUT2D eigenvalue weighted by Crippen LogP contribution is 2.55. The van der Waals surface area contributed by atoms with Gasteiger partial charge in [-0.2, -0.15) is 0 Å². The van der Waals surface area contributed by atoms with Gasteiger partial charge in [0.2, 0.25) is 0 Å². The first-order valence-electron chi connectivity index (χ1n) is 8.60. The minimum absolute atomic E-state index is 0.113. The Kier molecular flexibility index (Phi) is 5.33. The van der Waals surface area contributed by atoms with Crippen molar-refractivity contribution in [2.75, 3.05) is 0 Å². The summed E-state index contributed by atoms with van der Waals surface area (Å²) in [6.07, 6.45) is 9.47. The summed E-state index contributed by atoms with van der Waals surface area (Å²) in [5.41, 5.74) is 6.30. The number of allylic oxidation sites excluding steroid dienone is 4. The molecule has 0 aromatic heterocycles. The molecule has 0 amide bonds. The maximum atomic E-state index is 2.80. The van der Waals surface area contributed by atoms with Gasteiger partial charge >= 0.3 is 0 Å². The van der Waals surface area contributed by atoms with Gasteiger partial charge in [0.1, 0.15) is 0 Å². The number of rotatable bonds is 4. The van der Waals surface area contributed by atoms with Gasteiger partial charge in [0.25, 0.3) is 0 Å². The van der Waals surface area contributed by atoms with Crippen LogP contribution >= 0.6 is 9.24 Å². The lowest BCUT2D eigenvalue weighted by Crippen LogP contribution is -2.33. The van der Waals surface area contributed by atoms with E-state index in [4.69, 9.17) is 0 Å². The van der Waals surface area contributed by atoms with Crippen LogP contribution in [0.15, 0.2) is 42.0 Å². The summed E-state index contributed by atoms with van der Waals surface area (Å²) in [7, 11) is 2.80. The van der Waals surface area contributed by atoms with Crippen LogP contribution in [-0.4, -0.2) is 0 Å². The van der Waals surface area contributed by atoms with Crippen LogP contribution < -0.4 is 0 Å². The van der Waals surface area contributed by atoms with Gasteiger partial charge in [0.15, 0.2) is 0 Å². The minimum Gasteiger partial charge on any atom is -0.133 e. The highest BCUT2D eigenvalue weighted by Gasteiger charge is 2.41. The standard InChI is InChI=1S/C21H31P/c1-6-8-19-20(3,4)18(13-14-21(19,5)7-2)17-11-9-16(15-22)10-12-17/h8-13H,6-7,14-15,22H2,1-5H3/b19-8-. The molecule has 120 valence electrons. The van der Waals surface area contributed by atoms with Crippen molar-refractivity contribution >= 4 is 14.8 Å². The fraction of sp³-hybridized carbons (Fsp3) is 0.524. The quantitative estimate of drug-likeness (QED) is 0.432. The average Bonchev–Trinajstić information content (AvgIpc) is 2.51. The van der Waals surface area contributed by atoms with E-state index in [9.17, 15) is 0 Å². The molecular weight excluding hydrogens is 283 g/mol. The van der Waals surface area contributed by atoms with Crippen molar-refractivity contribution in [1.82, 2.24) is 0 Å². The van der Waals surface area contributed by atoms with Gasteiger partial charge in [0.05, 0.1) is 0 Å². The maximum absolute atomic E-state index is 2.80. The summed E-state index contributed by atoms with van der Waals surface area (Å²) in [6.45, 7) is 11.8. The predicted octanol–water partition coefficient (Wildman–Crippen LogP) is 6.63. The molecule has 2 unspecified atom stereocenters. The zero-order chi connectivity index (χ0) is 16.4. The fourth-order valence-corrected chi connectivity index (χ4v) is 4.20. The van der Waals surface area contributed by atoms with Crippen molar-refractivity contribution in [3.05, 3.63) is 53.1 Å². The molecule has 0 aliphatic heterocycles. The largest absolute Gasteiger partial charge is 0.133 e. The third-order valence-corrected chi connectivity index (χ3v) is 5.91. The van der Waals surface area contributed by atoms with Crippen LogP contribution in [0.25, 0.3) is 5.57 Å². The summed E-state index contributed by atoms with van der Waals surface area (Å²) >= 11 is 0. The van der Waals surface area contributed by atoms with Crippen LogP contribution in [0.3, 0.4) is 0 Å². The van der Waals surface area contributed by atoms with E-state index in [1.54, 1.807) is 5.57 Å². The highest BCUT2D eigenvalue weighted by atomic mass is 31.0. The molecule has 0 bridgehead atoms. The molecule has 1 aromatic carbocycles. The third-order valence-electron chi connectivity index (χ3n) is 5.44. The van der Waals surface area contributed by atoms with E-state index in [0.717, 1.165) is 19.0 Å². The minimum atomic E-state index is 0.113. The Labute approximate surface area is 139 Å². The normalized spacial score (nSPS) is 26.1. The number of benzene rings is 1. The molecule has 0 spiro atoms. The molecule has 0 saturated carbocycles. The van der Waals surface area contributed by atoms with Crippen molar-refractivity contribution in [3.8, 4) is 0 Å². The monoisotopic (exact) mass is 314 g/mol. The SMILES string of the molecule is CC/C=C1\C(C)(CC)CC=C(c2ccc(CP)cc2)C1(C)C. The molecule has 1 aliphatic rings. The Morgan fingerprint density at radius 1 is 1.09 bits per heavy atom. The van der Waals surface area contributed by atoms with Gasteiger partial charge in [-0.05, 0) is 47.5 Å². The highest BCUT2D eigenvalue weighted by molar-refractivity contribution is 7.15. The second kappa shape index (κ2) is 6.71. The summed E-state index contributed by atoms with van der Waals surface area (Å²) in [4.78, 5) is 0. The lowest BCUT2D eigenvalue weighted by Gasteiger charge is -2.46. The first-order chi connectivity index (χ1) is 10.4.